The Labute approximate surface area is 193 Å². The van der Waals surface area contributed by atoms with Crippen molar-refractivity contribution < 1.29 is 9.53 Å². The van der Waals surface area contributed by atoms with Gasteiger partial charge in [-0.1, -0.05) is 56.0 Å². The predicted octanol–water partition coefficient (Wildman–Crippen LogP) is 6.27. The van der Waals surface area contributed by atoms with Gasteiger partial charge in [0.1, 0.15) is 5.69 Å². The van der Waals surface area contributed by atoms with Crippen LogP contribution in [0.25, 0.3) is 10.9 Å². The van der Waals surface area contributed by atoms with Crippen molar-refractivity contribution in [2.45, 2.75) is 58.4 Å². The first-order chi connectivity index (χ1) is 15.3. The Morgan fingerprint density at radius 2 is 1.53 bits per heavy atom. The maximum absolute atomic E-state index is 12.1. The molecular weight excluding hydrogens is 396 g/mol. The molecule has 32 heavy (non-hydrogen) atoms. The molecular formula is C28H39N2O2+. The largest absolute Gasteiger partial charge is 0.465 e. The van der Waals surface area contributed by atoms with Crippen LogP contribution in [0.3, 0.4) is 0 Å². The van der Waals surface area contributed by atoms with Gasteiger partial charge in [-0.25, -0.2) is 0 Å². The number of hydrogen-bond acceptors (Lipinski definition) is 2. The van der Waals surface area contributed by atoms with Gasteiger partial charge in [-0.15, -0.1) is 0 Å². The molecule has 0 unspecified atom stereocenters. The lowest BCUT2D eigenvalue weighted by atomic mass is 10.1. The molecule has 0 saturated carbocycles. The molecule has 0 radical (unpaired) electrons. The Morgan fingerprint density at radius 3 is 2.25 bits per heavy atom. The summed E-state index contributed by atoms with van der Waals surface area (Å²) in [5, 5.41) is 1.33. The number of carbonyl (C=O) groups excluding carboxylic acids is 1. The monoisotopic (exact) mass is 435 g/mol. The summed E-state index contributed by atoms with van der Waals surface area (Å²) in [5.41, 5.74) is 4.92. The average Bonchev–Trinajstić information content (AvgIpc) is 3.07. The third-order valence-electron chi connectivity index (χ3n) is 6.12. The number of nitrogens with zero attached hydrogens (tertiary/aromatic N) is 2. The zero-order valence-electron chi connectivity index (χ0n) is 20.3. The van der Waals surface area contributed by atoms with E-state index in [9.17, 15) is 4.79 Å². The van der Waals surface area contributed by atoms with Crippen LogP contribution in [0, 0.1) is 6.92 Å². The molecule has 1 heterocycles. The van der Waals surface area contributed by atoms with Crippen molar-refractivity contribution in [1.29, 1.82) is 0 Å². The summed E-state index contributed by atoms with van der Waals surface area (Å²) < 4.78 is 8.63. The van der Waals surface area contributed by atoms with Gasteiger partial charge in [0.2, 0.25) is 0 Å². The Morgan fingerprint density at radius 1 is 0.875 bits per heavy atom. The van der Waals surface area contributed by atoms with Crippen molar-refractivity contribution in [3.8, 4) is 0 Å². The van der Waals surface area contributed by atoms with Crippen molar-refractivity contribution in [1.82, 2.24) is 9.05 Å². The molecule has 4 nitrogen and oxygen atoms in total. The zero-order chi connectivity index (χ0) is 23.0. The number of rotatable bonds is 12. The summed E-state index contributed by atoms with van der Waals surface area (Å²) in [6, 6.07) is 19.1. The number of quaternary nitrogens is 1. The van der Waals surface area contributed by atoms with Crippen molar-refractivity contribution in [2.75, 3.05) is 27.7 Å². The third-order valence-corrected chi connectivity index (χ3v) is 6.12. The predicted molar refractivity (Wildman–Crippen MR) is 135 cm³/mol. The van der Waals surface area contributed by atoms with Crippen molar-refractivity contribution in [2.24, 2.45) is 0 Å². The standard InChI is InChI=1S/C28H39N2O2/c1-23-21-25-13-9-10-14-27(25)29(23)19-11-7-5-6-8-12-20-32-28(31)22-24-15-17-26(18-16-24)30(2,3)4/h9-10,13-18,21H,5-8,11-12,19-20,22H2,1-4H3/q+1. The first-order valence-electron chi connectivity index (χ1n) is 12.0. The summed E-state index contributed by atoms with van der Waals surface area (Å²) >= 11 is 0. The second-order valence-electron chi connectivity index (χ2n) is 9.69. The number of hydrogen-bond donors (Lipinski definition) is 0. The highest BCUT2D eigenvalue weighted by Gasteiger charge is 2.12. The minimum Gasteiger partial charge on any atom is -0.465 e. The number of fused-ring (bicyclic) bond motifs is 1. The molecule has 0 N–H and O–H groups in total. The molecule has 0 amide bonds. The molecule has 0 fully saturated rings. The second kappa shape index (κ2) is 11.3. The lowest BCUT2D eigenvalue weighted by Gasteiger charge is -2.23. The maximum Gasteiger partial charge on any atom is 0.310 e. The molecule has 172 valence electrons. The lowest BCUT2D eigenvalue weighted by Crippen LogP contribution is -2.34. The number of unbranched alkanes of at least 4 members (excludes halogenated alkanes) is 5. The third kappa shape index (κ3) is 6.96. The van der Waals surface area contributed by atoms with Crippen LogP contribution in [0.2, 0.25) is 0 Å². The van der Waals surface area contributed by atoms with Crippen LogP contribution in [0.5, 0.6) is 0 Å². The number of aryl methyl sites for hydroxylation is 2. The van der Waals surface area contributed by atoms with E-state index in [1.165, 1.54) is 48.0 Å². The van der Waals surface area contributed by atoms with E-state index in [2.05, 4.69) is 75.1 Å². The quantitative estimate of drug-likeness (QED) is 0.191. The van der Waals surface area contributed by atoms with E-state index >= 15 is 0 Å². The molecule has 0 aliphatic carbocycles. The van der Waals surface area contributed by atoms with E-state index in [0.717, 1.165) is 29.4 Å². The molecule has 3 aromatic rings. The fraction of sp³-hybridized carbons (Fsp3) is 0.464. The highest BCUT2D eigenvalue weighted by Crippen LogP contribution is 2.20. The molecule has 2 aromatic carbocycles. The molecule has 0 bridgehead atoms. The molecule has 3 rings (SSSR count). The van der Waals surface area contributed by atoms with Crippen LogP contribution in [-0.2, 0) is 22.5 Å². The van der Waals surface area contributed by atoms with E-state index in [1.807, 2.05) is 12.1 Å². The van der Waals surface area contributed by atoms with E-state index in [-0.39, 0.29) is 5.97 Å². The summed E-state index contributed by atoms with van der Waals surface area (Å²) in [5.74, 6) is -0.127. The lowest BCUT2D eigenvalue weighted by molar-refractivity contribution is -0.142. The molecule has 0 aliphatic rings. The van der Waals surface area contributed by atoms with Crippen LogP contribution in [-0.4, -0.2) is 38.3 Å². The first kappa shape index (κ1) is 24.1. The number of ether oxygens (including phenoxy) is 1. The summed E-state index contributed by atoms with van der Waals surface area (Å²) in [4.78, 5) is 12.1. The van der Waals surface area contributed by atoms with E-state index in [1.54, 1.807) is 0 Å². The second-order valence-corrected chi connectivity index (χ2v) is 9.69. The average molecular weight is 436 g/mol. The molecule has 1 aromatic heterocycles. The van der Waals surface area contributed by atoms with Gasteiger partial charge in [-0.2, -0.15) is 0 Å². The SMILES string of the molecule is Cc1cc2ccccc2n1CCCCCCCCOC(=O)Cc1ccc([N+](C)(C)C)cc1. The van der Waals surface area contributed by atoms with Crippen LogP contribution in [0.4, 0.5) is 5.69 Å². The normalized spacial score (nSPS) is 11.8. The molecule has 0 spiro atoms. The number of para-hydroxylation sites is 1. The Balaban J connectivity index is 1.24. The van der Waals surface area contributed by atoms with Crippen LogP contribution in [0.1, 0.15) is 49.8 Å². The number of benzene rings is 2. The minimum atomic E-state index is -0.127. The van der Waals surface area contributed by atoms with Crippen LogP contribution in [0.15, 0.2) is 54.6 Å². The van der Waals surface area contributed by atoms with Gasteiger partial charge in [0.05, 0.1) is 34.2 Å². The Hall–Kier alpha value is -2.59. The topological polar surface area (TPSA) is 31.2 Å². The van der Waals surface area contributed by atoms with E-state index in [4.69, 9.17) is 4.74 Å². The van der Waals surface area contributed by atoms with Crippen molar-refractivity contribution in [3.63, 3.8) is 0 Å². The zero-order valence-corrected chi connectivity index (χ0v) is 20.3. The van der Waals surface area contributed by atoms with Crippen LogP contribution >= 0.6 is 0 Å². The highest BCUT2D eigenvalue weighted by molar-refractivity contribution is 5.81. The van der Waals surface area contributed by atoms with Gasteiger partial charge in [0.15, 0.2) is 0 Å². The molecule has 0 saturated heterocycles. The highest BCUT2D eigenvalue weighted by atomic mass is 16.5. The Bertz CT molecular complexity index is 996. The van der Waals surface area contributed by atoms with Gasteiger partial charge in [-0.05, 0) is 55.0 Å². The summed E-state index contributed by atoms with van der Waals surface area (Å²) in [6.45, 7) is 3.82. The fourth-order valence-corrected chi connectivity index (χ4v) is 4.19. The van der Waals surface area contributed by atoms with Gasteiger partial charge in [0, 0.05) is 17.8 Å². The summed E-state index contributed by atoms with van der Waals surface area (Å²) in [7, 11) is 6.40. The van der Waals surface area contributed by atoms with E-state index in [0.29, 0.717) is 13.0 Å². The number of carbonyl (C=O) groups is 1. The van der Waals surface area contributed by atoms with Crippen LogP contribution < -0.4 is 4.48 Å². The van der Waals surface area contributed by atoms with Crippen molar-refractivity contribution in [3.05, 3.63) is 65.9 Å². The maximum atomic E-state index is 12.1. The number of aromatic nitrogens is 1. The smallest absolute Gasteiger partial charge is 0.310 e. The van der Waals surface area contributed by atoms with Gasteiger partial charge in [-0.3, -0.25) is 9.28 Å². The van der Waals surface area contributed by atoms with Gasteiger partial charge in [0.25, 0.3) is 0 Å². The number of esters is 1. The van der Waals surface area contributed by atoms with Gasteiger partial charge >= 0.3 is 5.97 Å². The van der Waals surface area contributed by atoms with Gasteiger partial charge < -0.3 is 9.30 Å². The molecule has 0 aliphatic heterocycles. The summed E-state index contributed by atoms with van der Waals surface area (Å²) in [6.07, 6.45) is 7.33. The van der Waals surface area contributed by atoms with E-state index < -0.39 is 0 Å². The molecule has 0 atom stereocenters. The first-order valence-corrected chi connectivity index (χ1v) is 12.0. The molecule has 4 heteroatoms. The van der Waals surface area contributed by atoms with Crippen molar-refractivity contribution >= 4 is 22.6 Å². The Kier molecular flexibility index (Phi) is 8.52. The fourth-order valence-electron chi connectivity index (χ4n) is 4.19. The minimum absolute atomic E-state index is 0.127.